The van der Waals surface area contributed by atoms with Crippen molar-refractivity contribution in [1.82, 2.24) is 9.97 Å². The van der Waals surface area contributed by atoms with E-state index < -0.39 is 0 Å². The predicted octanol–water partition coefficient (Wildman–Crippen LogP) is 2.81. The molecular formula is C12H10N2O2S. The van der Waals surface area contributed by atoms with Gasteiger partial charge in [-0.25, -0.2) is 4.98 Å². The summed E-state index contributed by atoms with van der Waals surface area (Å²) in [5, 5.41) is 0. The summed E-state index contributed by atoms with van der Waals surface area (Å²) >= 11 is 1.40. The van der Waals surface area contributed by atoms with Gasteiger partial charge in [0, 0.05) is 6.42 Å². The lowest BCUT2D eigenvalue weighted by molar-refractivity contribution is 0.530. The molecule has 86 valence electrons. The van der Waals surface area contributed by atoms with Crippen LogP contribution in [0.3, 0.4) is 0 Å². The SMILES string of the molecule is CCc1ccc(-c2cc3nc[nH]c(=O)c3s2)o1. The van der Waals surface area contributed by atoms with E-state index in [1.165, 1.54) is 17.7 Å². The zero-order valence-corrected chi connectivity index (χ0v) is 10.0. The lowest BCUT2D eigenvalue weighted by atomic mass is 10.3. The Morgan fingerprint density at radius 2 is 2.35 bits per heavy atom. The van der Waals surface area contributed by atoms with Gasteiger partial charge < -0.3 is 9.40 Å². The summed E-state index contributed by atoms with van der Waals surface area (Å²) in [7, 11) is 0. The molecular weight excluding hydrogens is 236 g/mol. The number of furan rings is 1. The number of hydrogen-bond acceptors (Lipinski definition) is 4. The first kappa shape index (κ1) is 10.3. The van der Waals surface area contributed by atoms with E-state index in [-0.39, 0.29) is 5.56 Å². The number of nitrogens with zero attached hydrogens (tertiary/aromatic N) is 1. The molecule has 0 aliphatic heterocycles. The largest absolute Gasteiger partial charge is 0.460 e. The molecule has 0 atom stereocenters. The number of aryl methyl sites for hydroxylation is 1. The van der Waals surface area contributed by atoms with Crippen molar-refractivity contribution in [3.05, 3.63) is 40.6 Å². The fourth-order valence-electron chi connectivity index (χ4n) is 1.69. The molecule has 1 N–H and O–H groups in total. The highest BCUT2D eigenvalue weighted by Gasteiger charge is 2.10. The standard InChI is InChI=1S/C12H10N2O2S/c1-2-7-3-4-9(16-7)10-5-8-11(17-10)12(15)14-6-13-8/h3-6H,2H2,1H3,(H,13,14,15). The average molecular weight is 246 g/mol. The molecule has 5 heteroatoms. The van der Waals surface area contributed by atoms with Crippen molar-refractivity contribution >= 4 is 21.6 Å². The molecule has 0 aliphatic rings. The Kier molecular flexibility index (Phi) is 2.33. The van der Waals surface area contributed by atoms with Crippen LogP contribution in [0.25, 0.3) is 20.9 Å². The van der Waals surface area contributed by atoms with Gasteiger partial charge in [-0.3, -0.25) is 4.79 Å². The second-order valence-electron chi connectivity index (χ2n) is 3.68. The molecule has 0 radical (unpaired) electrons. The smallest absolute Gasteiger partial charge is 0.268 e. The van der Waals surface area contributed by atoms with Crippen LogP contribution in [0.2, 0.25) is 0 Å². The highest BCUT2D eigenvalue weighted by atomic mass is 32.1. The first-order chi connectivity index (χ1) is 8.28. The van der Waals surface area contributed by atoms with Crippen molar-refractivity contribution in [2.24, 2.45) is 0 Å². The van der Waals surface area contributed by atoms with Crippen LogP contribution in [-0.2, 0) is 6.42 Å². The molecule has 0 spiro atoms. The van der Waals surface area contributed by atoms with Crippen LogP contribution in [0, 0.1) is 0 Å². The minimum absolute atomic E-state index is 0.103. The van der Waals surface area contributed by atoms with Crippen LogP contribution in [0.5, 0.6) is 0 Å². The van der Waals surface area contributed by atoms with E-state index >= 15 is 0 Å². The Bertz CT molecular complexity index is 723. The van der Waals surface area contributed by atoms with Crippen molar-refractivity contribution in [1.29, 1.82) is 0 Å². The molecule has 0 aromatic carbocycles. The van der Waals surface area contributed by atoms with Crippen molar-refractivity contribution in [2.75, 3.05) is 0 Å². The highest BCUT2D eigenvalue weighted by molar-refractivity contribution is 7.22. The minimum atomic E-state index is -0.103. The van der Waals surface area contributed by atoms with E-state index in [1.54, 1.807) is 0 Å². The van der Waals surface area contributed by atoms with Gasteiger partial charge in [-0.15, -0.1) is 11.3 Å². The van der Waals surface area contributed by atoms with Crippen LogP contribution in [-0.4, -0.2) is 9.97 Å². The number of aromatic nitrogens is 2. The van der Waals surface area contributed by atoms with Gasteiger partial charge in [0.15, 0.2) is 0 Å². The summed E-state index contributed by atoms with van der Waals surface area (Å²) in [5.41, 5.74) is 0.608. The zero-order chi connectivity index (χ0) is 11.8. The third-order valence-electron chi connectivity index (χ3n) is 2.57. The second kappa shape index (κ2) is 3.85. The van der Waals surface area contributed by atoms with E-state index in [2.05, 4.69) is 9.97 Å². The monoisotopic (exact) mass is 246 g/mol. The quantitative estimate of drug-likeness (QED) is 0.756. The number of nitrogens with one attached hydrogen (secondary N) is 1. The summed E-state index contributed by atoms with van der Waals surface area (Å²) in [6.45, 7) is 2.04. The molecule has 4 nitrogen and oxygen atoms in total. The van der Waals surface area contributed by atoms with Crippen molar-refractivity contribution < 1.29 is 4.42 Å². The number of hydrogen-bond donors (Lipinski definition) is 1. The van der Waals surface area contributed by atoms with Crippen LogP contribution in [0.4, 0.5) is 0 Å². The molecule has 3 aromatic rings. The fraction of sp³-hybridized carbons (Fsp3) is 0.167. The van der Waals surface area contributed by atoms with Crippen LogP contribution >= 0.6 is 11.3 Å². The number of rotatable bonds is 2. The predicted molar refractivity (Wildman–Crippen MR) is 67.3 cm³/mol. The van der Waals surface area contributed by atoms with E-state index in [9.17, 15) is 4.79 Å². The Morgan fingerprint density at radius 1 is 1.47 bits per heavy atom. The fourth-order valence-corrected chi connectivity index (χ4v) is 2.66. The van der Waals surface area contributed by atoms with Crippen LogP contribution in [0.15, 0.2) is 33.7 Å². The Hall–Kier alpha value is -1.88. The van der Waals surface area contributed by atoms with Gasteiger partial charge >= 0.3 is 0 Å². The summed E-state index contributed by atoms with van der Waals surface area (Å²) in [5.74, 6) is 1.74. The van der Waals surface area contributed by atoms with Gasteiger partial charge in [0.2, 0.25) is 0 Å². The molecule has 3 heterocycles. The van der Waals surface area contributed by atoms with Crippen LogP contribution in [0.1, 0.15) is 12.7 Å². The molecule has 0 amide bonds. The summed E-state index contributed by atoms with van der Waals surface area (Å²) < 4.78 is 6.29. The summed E-state index contributed by atoms with van der Waals surface area (Å²) in [4.78, 5) is 19.2. The van der Waals surface area contributed by atoms with E-state index in [0.29, 0.717) is 10.2 Å². The normalized spacial score (nSPS) is 11.1. The Balaban J connectivity index is 2.18. The summed E-state index contributed by atoms with van der Waals surface area (Å²) in [6.07, 6.45) is 2.28. The number of H-pyrrole nitrogens is 1. The first-order valence-electron chi connectivity index (χ1n) is 5.34. The van der Waals surface area contributed by atoms with Gasteiger partial charge in [-0.05, 0) is 18.2 Å². The molecule has 0 unspecified atom stereocenters. The number of thiophene rings is 1. The van der Waals surface area contributed by atoms with E-state index in [1.807, 2.05) is 25.1 Å². The first-order valence-corrected chi connectivity index (χ1v) is 6.16. The van der Waals surface area contributed by atoms with E-state index in [0.717, 1.165) is 22.8 Å². The third-order valence-corrected chi connectivity index (χ3v) is 3.71. The van der Waals surface area contributed by atoms with Crippen molar-refractivity contribution in [3.8, 4) is 10.6 Å². The molecule has 0 bridgehead atoms. The maximum Gasteiger partial charge on any atom is 0.268 e. The maximum atomic E-state index is 11.6. The molecule has 0 aliphatic carbocycles. The molecule has 3 rings (SSSR count). The number of aromatic amines is 1. The maximum absolute atomic E-state index is 11.6. The van der Waals surface area contributed by atoms with Gasteiger partial charge in [0.25, 0.3) is 5.56 Å². The summed E-state index contributed by atoms with van der Waals surface area (Å²) in [6, 6.07) is 5.77. The van der Waals surface area contributed by atoms with Gasteiger partial charge in [0.1, 0.15) is 16.2 Å². The van der Waals surface area contributed by atoms with Gasteiger partial charge in [0.05, 0.1) is 16.7 Å². The number of fused-ring (bicyclic) bond motifs is 1. The highest BCUT2D eigenvalue weighted by Crippen LogP contribution is 2.31. The van der Waals surface area contributed by atoms with Crippen LogP contribution < -0.4 is 5.56 Å². The minimum Gasteiger partial charge on any atom is -0.460 e. The third kappa shape index (κ3) is 1.68. The molecule has 0 saturated heterocycles. The Morgan fingerprint density at radius 3 is 3.06 bits per heavy atom. The molecule has 0 fully saturated rings. The lowest BCUT2D eigenvalue weighted by Gasteiger charge is -1.89. The van der Waals surface area contributed by atoms with Crippen molar-refractivity contribution in [3.63, 3.8) is 0 Å². The molecule has 0 saturated carbocycles. The average Bonchev–Trinajstić information content (AvgIpc) is 2.95. The zero-order valence-electron chi connectivity index (χ0n) is 9.19. The van der Waals surface area contributed by atoms with Gasteiger partial charge in [-0.2, -0.15) is 0 Å². The van der Waals surface area contributed by atoms with E-state index in [4.69, 9.17) is 4.42 Å². The van der Waals surface area contributed by atoms with Crippen molar-refractivity contribution in [2.45, 2.75) is 13.3 Å². The second-order valence-corrected chi connectivity index (χ2v) is 4.73. The lowest BCUT2D eigenvalue weighted by Crippen LogP contribution is -2.02. The molecule has 17 heavy (non-hydrogen) atoms. The van der Waals surface area contributed by atoms with Gasteiger partial charge in [-0.1, -0.05) is 6.92 Å². The topological polar surface area (TPSA) is 58.9 Å². The Labute approximate surface area is 101 Å². The molecule has 3 aromatic heterocycles.